The van der Waals surface area contributed by atoms with Crippen LogP contribution in [0.2, 0.25) is 0 Å². The van der Waals surface area contributed by atoms with E-state index in [1.807, 2.05) is 0 Å². The molecule has 0 fully saturated rings. The third-order valence-electron chi connectivity index (χ3n) is 2.64. The average Bonchev–Trinajstić information content (AvgIpc) is 2.18. The molecule has 0 aromatic rings. The molecule has 1 heteroatoms. The van der Waals surface area contributed by atoms with Gasteiger partial charge in [0.05, 0.1) is 0 Å². The van der Waals surface area contributed by atoms with Crippen LogP contribution < -0.4 is 5.73 Å². The molecular formula is C11H13N. The van der Waals surface area contributed by atoms with E-state index < -0.39 is 0 Å². The van der Waals surface area contributed by atoms with Crippen LogP contribution in [0, 0.1) is 5.41 Å². The van der Waals surface area contributed by atoms with Crippen LogP contribution in [-0.2, 0) is 0 Å². The molecule has 0 amide bonds. The lowest BCUT2D eigenvalue weighted by molar-refractivity contribution is 0.482. The van der Waals surface area contributed by atoms with Crippen molar-refractivity contribution in [1.82, 2.24) is 0 Å². The quantitative estimate of drug-likeness (QED) is 0.621. The number of fused-ring (bicyclic) bond motifs is 1. The Labute approximate surface area is 73.0 Å². The first-order chi connectivity index (χ1) is 5.87. The molecule has 0 saturated carbocycles. The van der Waals surface area contributed by atoms with E-state index >= 15 is 0 Å². The Morgan fingerprint density at radius 1 is 1.33 bits per heavy atom. The van der Waals surface area contributed by atoms with E-state index in [4.69, 9.17) is 5.73 Å². The second kappa shape index (κ2) is 2.76. The SMILES string of the molecule is NCC12C=CC=CC1=CC=CC2. The number of hydrogen-bond acceptors (Lipinski definition) is 1. The Kier molecular flexibility index (Phi) is 1.74. The Morgan fingerprint density at radius 2 is 2.25 bits per heavy atom. The summed E-state index contributed by atoms with van der Waals surface area (Å²) >= 11 is 0. The third-order valence-corrected chi connectivity index (χ3v) is 2.64. The van der Waals surface area contributed by atoms with Gasteiger partial charge in [-0.3, -0.25) is 0 Å². The molecule has 0 bridgehead atoms. The summed E-state index contributed by atoms with van der Waals surface area (Å²) in [6, 6.07) is 0. The van der Waals surface area contributed by atoms with Gasteiger partial charge < -0.3 is 5.73 Å². The molecule has 0 heterocycles. The number of hydrogen-bond donors (Lipinski definition) is 1. The minimum absolute atomic E-state index is 0.101. The van der Waals surface area contributed by atoms with Gasteiger partial charge in [-0.1, -0.05) is 42.5 Å². The van der Waals surface area contributed by atoms with Gasteiger partial charge in [0, 0.05) is 12.0 Å². The van der Waals surface area contributed by atoms with Gasteiger partial charge >= 0.3 is 0 Å². The van der Waals surface area contributed by atoms with Crippen molar-refractivity contribution in [2.45, 2.75) is 6.42 Å². The fourth-order valence-corrected chi connectivity index (χ4v) is 1.79. The van der Waals surface area contributed by atoms with Gasteiger partial charge in [0.15, 0.2) is 0 Å². The van der Waals surface area contributed by atoms with Gasteiger partial charge in [0.25, 0.3) is 0 Å². The highest BCUT2D eigenvalue weighted by molar-refractivity contribution is 5.43. The van der Waals surface area contributed by atoms with Gasteiger partial charge in [-0.15, -0.1) is 0 Å². The molecule has 62 valence electrons. The lowest BCUT2D eigenvalue weighted by atomic mass is 9.72. The monoisotopic (exact) mass is 159 g/mol. The summed E-state index contributed by atoms with van der Waals surface area (Å²) in [7, 11) is 0. The predicted octanol–water partition coefficient (Wildman–Crippen LogP) is 1.94. The Balaban J connectivity index is 2.43. The highest BCUT2D eigenvalue weighted by atomic mass is 14.6. The fraction of sp³-hybridized carbons (Fsp3) is 0.273. The first-order valence-corrected chi connectivity index (χ1v) is 4.31. The minimum atomic E-state index is 0.101. The molecule has 2 rings (SSSR count). The molecule has 2 aliphatic carbocycles. The predicted molar refractivity (Wildman–Crippen MR) is 51.6 cm³/mol. The standard InChI is InChI=1S/C11H13N/c12-9-11-7-3-1-5-10(11)6-2-4-8-11/h1-7H,8-9,12H2. The molecule has 0 spiro atoms. The molecule has 2 N–H and O–H groups in total. The highest BCUT2D eigenvalue weighted by Gasteiger charge is 2.29. The molecule has 1 nitrogen and oxygen atoms in total. The summed E-state index contributed by atoms with van der Waals surface area (Å²) in [5.41, 5.74) is 7.23. The third kappa shape index (κ3) is 0.978. The van der Waals surface area contributed by atoms with E-state index in [0.717, 1.165) is 6.42 Å². The van der Waals surface area contributed by atoms with Crippen LogP contribution in [0.15, 0.2) is 48.1 Å². The Morgan fingerprint density at radius 3 is 3.00 bits per heavy atom. The summed E-state index contributed by atoms with van der Waals surface area (Å²) in [6.45, 7) is 0.698. The second-order valence-corrected chi connectivity index (χ2v) is 3.33. The van der Waals surface area contributed by atoms with Gasteiger partial charge in [-0.25, -0.2) is 0 Å². The van der Waals surface area contributed by atoms with Crippen LogP contribution in [0.25, 0.3) is 0 Å². The first-order valence-electron chi connectivity index (χ1n) is 4.31. The van der Waals surface area contributed by atoms with E-state index in [9.17, 15) is 0 Å². The van der Waals surface area contributed by atoms with Crippen LogP contribution in [0.3, 0.4) is 0 Å². The van der Waals surface area contributed by atoms with Gasteiger partial charge in [0.1, 0.15) is 0 Å². The number of allylic oxidation sites excluding steroid dienone is 6. The van der Waals surface area contributed by atoms with E-state index in [2.05, 4.69) is 42.5 Å². The maximum absolute atomic E-state index is 5.79. The molecule has 0 aromatic carbocycles. The van der Waals surface area contributed by atoms with E-state index in [-0.39, 0.29) is 5.41 Å². The number of rotatable bonds is 1. The van der Waals surface area contributed by atoms with Crippen LogP contribution in [0.4, 0.5) is 0 Å². The van der Waals surface area contributed by atoms with Crippen molar-refractivity contribution in [2.75, 3.05) is 6.54 Å². The summed E-state index contributed by atoms with van der Waals surface area (Å²) in [4.78, 5) is 0. The number of nitrogens with two attached hydrogens (primary N) is 1. The van der Waals surface area contributed by atoms with Crippen LogP contribution in [-0.4, -0.2) is 6.54 Å². The zero-order valence-corrected chi connectivity index (χ0v) is 7.03. The average molecular weight is 159 g/mol. The Hall–Kier alpha value is -1.08. The fourth-order valence-electron chi connectivity index (χ4n) is 1.79. The smallest absolute Gasteiger partial charge is 0.0292 e. The normalized spacial score (nSPS) is 31.6. The maximum atomic E-state index is 5.79. The van der Waals surface area contributed by atoms with Gasteiger partial charge in [0.2, 0.25) is 0 Å². The summed E-state index contributed by atoms with van der Waals surface area (Å²) in [6.07, 6.45) is 16.0. The summed E-state index contributed by atoms with van der Waals surface area (Å²) in [5, 5.41) is 0. The maximum Gasteiger partial charge on any atom is 0.0292 e. The van der Waals surface area contributed by atoms with E-state index in [1.54, 1.807) is 0 Å². The lowest BCUT2D eigenvalue weighted by Gasteiger charge is -2.33. The van der Waals surface area contributed by atoms with Crippen LogP contribution in [0.1, 0.15) is 6.42 Å². The van der Waals surface area contributed by atoms with Crippen molar-refractivity contribution in [3.8, 4) is 0 Å². The van der Waals surface area contributed by atoms with E-state index in [0.29, 0.717) is 6.54 Å². The van der Waals surface area contributed by atoms with Gasteiger partial charge in [-0.05, 0) is 12.0 Å². The molecule has 0 aliphatic heterocycles. The second-order valence-electron chi connectivity index (χ2n) is 3.33. The molecule has 0 radical (unpaired) electrons. The van der Waals surface area contributed by atoms with Crippen molar-refractivity contribution >= 4 is 0 Å². The van der Waals surface area contributed by atoms with Crippen molar-refractivity contribution in [3.63, 3.8) is 0 Å². The zero-order valence-electron chi connectivity index (χ0n) is 7.03. The summed E-state index contributed by atoms with van der Waals surface area (Å²) < 4.78 is 0. The molecule has 1 unspecified atom stereocenters. The van der Waals surface area contributed by atoms with Crippen molar-refractivity contribution in [1.29, 1.82) is 0 Å². The molecule has 0 aromatic heterocycles. The van der Waals surface area contributed by atoms with Crippen molar-refractivity contribution in [3.05, 3.63) is 48.1 Å². The molecule has 0 saturated heterocycles. The van der Waals surface area contributed by atoms with Crippen LogP contribution >= 0.6 is 0 Å². The summed E-state index contributed by atoms with van der Waals surface area (Å²) in [5.74, 6) is 0. The first kappa shape index (κ1) is 7.56. The van der Waals surface area contributed by atoms with Crippen molar-refractivity contribution in [2.24, 2.45) is 11.1 Å². The Bertz CT molecular complexity index is 294. The zero-order chi connectivity index (χ0) is 8.44. The van der Waals surface area contributed by atoms with Gasteiger partial charge in [-0.2, -0.15) is 0 Å². The molecular weight excluding hydrogens is 146 g/mol. The topological polar surface area (TPSA) is 26.0 Å². The van der Waals surface area contributed by atoms with Crippen molar-refractivity contribution < 1.29 is 0 Å². The minimum Gasteiger partial charge on any atom is -0.329 e. The molecule has 12 heavy (non-hydrogen) atoms. The van der Waals surface area contributed by atoms with E-state index in [1.165, 1.54) is 5.57 Å². The molecule has 1 atom stereocenters. The van der Waals surface area contributed by atoms with Crippen LogP contribution in [0.5, 0.6) is 0 Å². The highest BCUT2D eigenvalue weighted by Crippen LogP contribution is 2.38. The largest absolute Gasteiger partial charge is 0.329 e. The lowest BCUT2D eigenvalue weighted by Crippen LogP contribution is -2.31. The molecule has 2 aliphatic rings.